The average Bonchev–Trinajstić information content (AvgIpc) is 2.87. The molecule has 0 bridgehead atoms. The minimum absolute atomic E-state index is 0.0157. The summed E-state index contributed by atoms with van der Waals surface area (Å²) in [4.78, 5) is 14.1. The van der Waals surface area contributed by atoms with Gasteiger partial charge in [0.15, 0.2) is 5.76 Å². The fourth-order valence-corrected chi connectivity index (χ4v) is 3.07. The zero-order chi connectivity index (χ0) is 14.9. The summed E-state index contributed by atoms with van der Waals surface area (Å²) < 4.78 is 27.9. The Kier molecular flexibility index (Phi) is 4.19. The number of nitrogens with zero attached hydrogens (tertiary/aromatic N) is 1. The van der Waals surface area contributed by atoms with Gasteiger partial charge in [0.1, 0.15) is 0 Å². The van der Waals surface area contributed by atoms with Crippen molar-refractivity contribution in [3.63, 3.8) is 0 Å². The van der Waals surface area contributed by atoms with Crippen LogP contribution in [0.5, 0.6) is 0 Å². The molecular formula is C13H20N2O4S. The molecule has 1 aliphatic heterocycles. The zero-order valence-corrected chi connectivity index (χ0v) is 12.5. The summed E-state index contributed by atoms with van der Waals surface area (Å²) in [6, 6.07) is 2.70. The first-order valence-corrected chi connectivity index (χ1v) is 8.53. The molecule has 7 heteroatoms. The molecule has 0 saturated carbocycles. The highest BCUT2D eigenvalue weighted by molar-refractivity contribution is 7.90. The van der Waals surface area contributed by atoms with Crippen LogP contribution in [0.4, 0.5) is 0 Å². The topological polar surface area (TPSA) is 93.6 Å². The van der Waals surface area contributed by atoms with E-state index in [1.807, 2.05) is 0 Å². The molecule has 2 atom stereocenters. The summed E-state index contributed by atoms with van der Waals surface area (Å²) >= 11 is 0. The lowest BCUT2D eigenvalue weighted by Crippen LogP contribution is -2.49. The van der Waals surface area contributed by atoms with E-state index in [1.165, 1.54) is 12.1 Å². The second kappa shape index (κ2) is 5.57. The van der Waals surface area contributed by atoms with Crippen molar-refractivity contribution in [1.29, 1.82) is 0 Å². The van der Waals surface area contributed by atoms with Crippen molar-refractivity contribution in [3.05, 3.63) is 17.9 Å². The Balaban J connectivity index is 2.20. The van der Waals surface area contributed by atoms with Crippen molar-refractivity contribution < 1.29 is 17.6 Å². The third-order valence-electron chi connectivity index (χ3n) is 3.67. The van der Waals surface area contributed by atoms with E-state index < -0.39 is 9.84 Å². The van der Waals surface area contributed by atoms with Crippen LogP contribution in [0.15, 0.2) is 21.6 Å². The SMILES string of the molecule is CC1CCN(C(=O)c2ccc(S(C)(=O)=O)o2)C(CN)C1. The Morgan fingerprint density at radius 2 is 2.20 bits per heavy atom. The van der Waals surface area contributed by atoms with Gasteiger partial charge < -0.3 is 15.1 Å². The number of rotatable bonds is 3. The van der Waals surface area contributed by atoms with Crippen LogP contribution < -0.4 is 5.73 Å². The standard InChI is InChI=1S/C13H20N2O4S/c1-9-5-6-15(10(7-9)8-14)13(16)11-3-4-12(19-11)20(2,17)18/h3-4,9-10H,5-8,14H2,1-2H3. The quantitative estimate of drug-likeness (QED) is 0.894. The van der Waals surface area contributed by atoms with Gasteiger partial charge >= 0.3 is 0 Å². The molecule has 0 spiro atoms. The number of likely N-dealkylation sites (tertiary alicyclic amines) is 1. The van der Waals surface area contributed by atoms with Gasteiger partial charge in [-0.05, 0) is 30.9 Å². The molecule has 0 radical (unpaired) electrons. The number of sulfone groups is 1. The molecule has 6 nitrogen and oxygen atoms in total. The van der Waals surface area contributed by atoms with Gasteiger partial charge in [0, 0.05) is 25.4 Å². The number of nitrogens with two attached hydrogens (primary N) is 1. The largest absolute Gasteiger partial charge is 0.440 e. The van der Waals surface area contributed by atoms with E-state index in [2.05, 4.69) is 6.92 Å². The summed E-state index contributed by atoms with van der Waals surface area (Å²) in [5, 5.41) is -0.185. The summed E-state index contributed by atoms with van der Waals surface area (Å²) in [6.45, 7) is 3.16. The van der Waals surface area contributed by atoms with Crippen molar-refractivity contribution in [2.75, 3.05) is 19.3 Å². The van der Waals surface area contributed by atoms with Crippen LogP contribution >= 0.6 is 0 Å². The number of amides is 1. The molecule has 0 aliphatic carbocycles. The summed E-state index contributed by atoms with van der Waals surface area (Å²) in [5.74, 6) is 0.302. The van der Waals surface area contributed by atoms with Gasteiger partial charge in [0.2, 0.25) is 14.9 Å². The van der Waals surface area contributed by atoms with Gasteiger partial charge in [-0.3, -0.25) is 4.79 Å². The van der Waals surface area contributed by atoms with Gasteiger partial charge in [-0.2, -0.15) is 0 Å². The van der Waals surface area contributed by atoms with Crippen LogP contribution in [0, 0.1) is 5.92 Å². The molecule has 2 N–H and O–H groups in total. The number of furan rings is 1. The zero-order valence-electron chi connectivity index (χ0n) is 11.7. The van der Waals surface area contributed by atoms with Crippen LogP contribution in [0.3, 0.4) is 0 Å². The number of hydrogen-bond acceptors (Lipinski definition) is 5. The van der Waals surface area contributed by atoms with Gasteiger partial charge in [0.05, 0.1) is 0 Å². The van der Waals surface area contributed by atoms with Crippen LogP contribution in [-0.2, 0) is 9.84 Å². The number of hydrogen-bond donors (Lipinski definition) is 1. The number of carbonyl (C=O) groups excluding carboxylic acids is 1. The molecule has 1 aromatic heterocycles. The maximum absolute atomic E-state index is 12.4. The van der Waals surface area contributed by atoms with E-state index in [-0.39, 0.29) is 22.8 Å². The van der Waals surface area contributed by atoms with Crippen LogP contribution in [-0.4, -0.2) is 44.6 Å². The molecule has 1 saturated heterocycles. The summed E-state index contributed by atoms with van der Waals surface area (Å²) in [5.41, 5.74) is 5.73. The van der Waals surface area contributed by atoms with Gasteiger partial charge in [-0.25, -0.2) is 8.42 Å². The molecule has 2 unspecified atom stereocenters. The predicted octanol–water partition coefficient (Wildman–Crippen LogP) is 0.882. The Bertz CT molecular complexity index is 593. The Morgan fingerprint density at radius 3 is 2.75 bits per heavy atom. The molecule has 2 rings (SSSR count). The molecule has 1 amide bonds. The fourth-order valence-electron chi connectivity index (χ4n) is 2.52. The highest BCUT2D eigenvalue weighted by Gasteiger charge is 2.31. The monoisotopic (exact) mass is 300 g/mol. The van der Waals surface area contributed by atoms with Crippen LogP contribution in [0.25, 0.3) is 0 Å². The molecule has 0 aromatic carbocycles. The van der Waals surface area contributed by atoms with E-state index in [4.69, 9.17) is 10.2 Å². The Morgan fingerprint density at radius 1 is 1.50 bits per heavy atom. The molecule has 112 valence electrons. The second-order valence-electron chi connectivity index (χ2n) is 5.41. The first-order valence-electron chi connectivity index (χ1n) is 6.64. The van der Waals surface area contributed by atoms with Crippen molar-refractivity contribution in [3.8, 4) is 0 Å². The molecule has 1 fully saturated rings. The smallest absolute Gasteiger partial charge is 0.289 e. The van der Waals surface area contributed by atoms with Crippen LogP contribution in [0.1, 0.15) is 30.3 Å². The normalized spacial score (nSPS) is 23.9. The van der Waals surface area contributed by atoms with E-state index >= 15 is 0 Å². The van der Waals surface area contributed by atoms with Gasteiger partial charge in [-0.1, -0.05) is 6.92 Å². The molecular weight excluding hydrogens is 280 g/mol. The van der Waals surface area contributed by atoms with Crippen LogP contribution in [0.2, 0.25) is 0 Å². The third-order valence-corrected chi connectivity index (χ3v) is 4.62. The van der Waals surface area contributed by atoms with Gasteiger partial charge in [-0.15, -0.1) is 0 Å². The number of carbonyl (C=O) groups is 1. The lowest BCUT2D eigenvalue weighted by Gasteiger charge is -2.37. The average molecular weight is 300 g/mol. The first-order chi connectivity index (χ1) is 9.32. The van der Waals surface area contributed by atoms with E-state index in [9.17, 15) is 13.2 Å². The Hall–Kier alpha value is -1.34. The highest BCUT2D eigenvalue weighted by Crippen LogP contribution is 2.24. The minimum Gasteiger partial charge on any atom is -0.440 e. The molecule has 20 heavy (non-hydrogen) atoms. The van der Waals surface area contributed by atoms with E-state index in [0.717, 1.165) is 19.1 Å². The van der Waals surface area contributed by atoms with Gasteiger partial charge in [0.25, 0.3) is 5.91 Å². The minimum atomic E-state index is -3.44. The van der Waals surface area contributed by atoms with Crippen molar-refractivity contribution in [2.24, 2.45) is 11.7 Å². The highest BCUT2D eigenvalue weighted by atomic mass is 32.2. The molecule has 1 aliphatic rings. The molecule has 2 heterocycles. The Labute approximate surface area is 118 Å². The first kappa shape index (κ1) is 15.1. The van der Waals surface area contributed by atoms with Crippen molar-refractivity contribution in [1.82, 2.24) is 4.90 Å². The van der Waals surface area contributed by atoms with E-state index in [0.29, 0.717) is 19.0 Å². The molecule has 1 aromatic rings. The summed E-state index contributed by atoms with van der Waals surface area (Å²) in [7, 11) is -3.44. The van der Waals surface area contributed by atoms with Crippen molar-refractivity contribution >= 4 is 15.7 Å². The third kappa shape index (κ3) is 3.04. The van der Waals surface area contributed by atoms with E-state index in [1.54, 1.807) is 4.90 Å². The van der Waals surface area contributed by atoms with Crippen molar-refractivity contribution in [2.45, 2.75) is 30.9 Å². The predicted molar refractivity (Wildman–Crippen MR) is 74.1 cm³/mol. The lowest BCUT2D eigenvalue weighted by molar-refractivity contribution is 0.0536. The summed E-state index contributed by atoms with van der Waals surface area (Å²) in [6.07, 6.45) is 2.83. The lowest BCUT2D eigenvalue weighted by atomic mass is 9.92. The second-order valence-corrected chi connectivity index (χ2v) is 7.36. The maximum atomic E-state index is 12.4. The number of piperidine rings is 1. The maximum Gasteiger partial charge on any atom is 0.289 e. The fraction of sp³-hybridized carbons (Fsp3) is 0.615.